The number of ether oxygens (including phenoxy) is 1. The predicted molar refractivity (Wildman–Crippen MR) is 90.4 cm³/mol. The molecule has 1 aliphatic heterocycles. The number of anilines is 2. The Kier molecular flexibility index (Phi) is 5.90. The number of morpholine rings is 1. The fraction of sp³-hybridized carbons (Fsp3) is 0.471. The van der Waals surface area contributed by atoms with Crippen molar-refractivity contribution in [3.63, 3.8) is 0 Å². The summed E-state index contributed by atoms with van der Waals surface area (Å²) in [6, 6.07) is 8.76. The first-order valence-electron chi connectivity index (χ1n) is 7.83. The Balaban J connectivity index is 1.86. The van der Waals surface area contributed by atoms with E-state index in [9.17, 15) is 9.59 Å². The Hall–Kier alpha value is -2.43. The molecule has 128 valence electrons. The van der Waals surface area contributed by atoms with Crippen LogP contribution in [0, 0.1) is 16.7 Å². The lowest BCUT2D eigenvalue weighted by Crippen LogP contribution is -2.41. The van der Waals surface area contributed by atoms with E-state index in [1.807, 2.05) is 11.0 Å². The molecule has 1 aliphatic rings. The molecule has 1 saturated heterocycles. The summed E-state index contributed by atoms with van der Waals surface area (Å²) in [6.45, 7) is 6.27. The average molecular weight is 330 g/mol. The van der Waals surface area contributed by atoms with Crippen molar-refractivity contribution in [2.24, 2.45) is 5.41 Å². The van der Waals surface area contributed by atoms with Crippen molar-refractivity contribution < 1.29 is 14.3 Å². The number of rotatable bonds is 5. The van der Waals surface area contributed by atoms with E-state index in [1.54, 1.807) is 38.1 Å². The number of hydrogen-bond acceptors (Lipinski definition) is 5. The second kappa shape index (κ2) is 7.90. The van der Waals surface area contributed by atoms with Gasteiger partial charge in [0.05, 0.1) is 25.8 Å². The van der Waals surface area contributed by atoms with Gasteiger partial charge < -0.3 is 15.4 Å². The minimum atomic E-state index is -1.09. The molecule has 2 rings (SSSR count). The summed E-state index contributed by atoms with van der Waals surface area (Å²) >= 11 is 0. The van der Waals surface area contributed by atoms with E-state index in [4.69, 9.17) is 10.00 Å². The molecule has 1 aromatic carbocycles. The van der Waals surface area contributed by atoms with Crippen molar-refractivity contribution in [1.82, 2.24) is 4.90 Å². The highest BCUT2D eigenvalue weighted by molar-refractivity contribution is 5.97. The molecule has 0 atom stereocenters. The quantitative estimate of drug-likeness (QED) is 0.852. The van der Waals surface area contributed by atoms with Gasteiger partial charge in [0, 0.05) is 24.5 Å². The van der Waals surface area contributed by atoms with Gasteiger partial charge in [-0.15, -0.1) is 0 Å². The van der Waals surface area contributed by atoms with Gasteiger partial charge in [-0.1, -0.05) is 0 Å². The molecule has 1 fully saturated rings. The van der Waals surface area contributed by atoms with E-state index in [0.29, 0.717) is 31.1 Å². The number of hydrogen-bond donors (Lipinski definition) is 2. The summed E-state index contributed by atoms with van der Waals surface area (Å²) in [7, 11) is 0. The van der Waals surface area contributed by atoms with Crippen molar-refractivity contribution in [3.8, 4) is 6.07 Å². The molecule has 0 bridgehead atoms. The van der Waals surface area contributed by atoms with Gasteiger partial charge in [-0.3, -0.25) is 14.5 Å². The molecule has 2 N–H and O–H groups in total. The number of carbonyl (C=O) groups excluding carboxylic acids is 2. The molecule has 0 saturated carbocycles. The summed E-state index contributed by atoms with van der Waals surface area (Å²) in [6.07, 6.45) is 0. The van der Waals surface area contributed by atoms with Gasteiger partial charge in [0.1, 0.15) is 5.41 Å². The maximum absolute atomic E-state index is 12.0. The van der Waals surface area contributed by atoms with Crippen molar-refractivity contribution >= 4 is 23.2 Å². The van der Waals surface area contributed by atoms with Crippen molar-refractivity contribution in [2.75, 3.05) is 43.5 Å². The Morgan fingerprint density at radius 2 is 1.71 bits per heavy atom. The minimum Gasteiger partial charge on any atom is -0.379 e. The van der Waals surface area contributed by atoms with E-state index in [-0.39, 0.29) is 11.8 Å². The number of nitriles is 1. The van der Waals surface area contributed by atoms with Crippen molar-refractivity contribution in [3.05, 3.63) is 24.3 Å². The highest BCUT2D eigenvalue weighted by Gasteiger charge is 2.27. The molecular formula is C17H22N4O3. The maximum Gasteiger partial charge on any atom is 0.244 e. The largest absolute Gasteiger partial charge is 0.379 e. The molecule has 7 nitrogen and oxygen atoms in total. The lowest BCUT2D eigenvalue weighted by molar-refractivity contribution is -0.121. The average Bonchev–Trinajstić information content (AvgIpc) is 2.57. The fourth-order valence-corrected chi connectivity index (χ4v) is 2.14. The predicted octanol–water partition coefficient (Wildman–Crippen LogP) is 1.45. The third kappa shape index (κ3) is 5.05. The molecule has 24 heavy (non-hydrogen) atoms. The Labute approximate surface area is 141 Å². The van der Waals surface area contributed by atoms with Crippen LogP contribution >= 0.6 is 0 Å². The van der Waals surface area contributed by atoms with Crippen LogP contribution in [0.2, 0.25) is 0 Å². The van der Waals surface area contributed by atoms with Crippen LogP contribution in [0.3, 0.4) is 0 Å². The molecule has 0 aliphatic carbocycles. The summed E-state index contributed by atoms with van der Waals surface area (Å²) < 4.78 is 5.25. The van der Waals surface area contributed by atoms with Crippen LogP contribution in [0.25, 0.3) is 0 Å². The van der Waals surface area contributed by atoms with E-state index >= 15 is 0 Å². The van der Waals surface area contributed by atoms with Crippen LogP contribution in [0.4, 0.5) is 11.4 Å². The molecule has 2 amide bonds. The lowest BCUT2D eigenvalue weighted by atomic mass is 9.94. The zero-order valence-electron chi connectivity index (χ0n) is 14.0. The molecule has 1 aromatic rings. The zero-order valence-corrected chi connectivity index (χ0v) is 14.0. The molecule has 0 radical (unpaired) electrons. The van der Waals surface area contributed by atoms with E-state index in [1.165, 1.54) is 0 Å². The van der Waals surface area contributed by atoms with Gasteiger partial charge in [0.2, 0.25) is 11.8 Å². The van der Waals surface area contributed by atoms with E-state index in [2.05, 4.69) is 10.6 Å². The fourth-order valence-electron chi connectivity index (χ4n) is 2.14. The second-order valence-corrected chi connectivity index (χ2v) is 6.20. The highest BCUT2D eigenvalue weighted by atomic mass is 16.5. The van der Waals surface area contributed by atoms with Crippen LogP contribution in [0.5, 0.6) is 0 Å². The van der Waals surface area contributed by atoms with Gasteiger partial charge in [0.15, 0.2) is 0 Å². The lowest BCUT2D eigenvalue weighted by Gasteiger charge is -2.25. The first-order valence-corrected chi connectivity index (χ1v) is 7.83. The zero-order chi connectivity index (χ0) is 17.6. The topological polar surface area (TPSA) is 94.5 Å². The normalized spacial score (nSPS) is 15.4. The molecule has 7 heteroatoms. The van der Waals surface area contributed by atoms with Gasteiger partial charge in [0.25, 0.3) is 0 Å². The van der Waals surface area contributed by atoms with Gasteiger partial charge >= 0.3 is 0 Å². The second-order valence-electron chi connectivity index (χ2n) is 6.20. The van der Waals surface area contributed by atoms with Gasteiger partial charge in [-0.05, 0) is 38.1 Å². The maximum atomic E-state index is 12.0. The Bertz CT molecular complexity index is 628. The summed E-state index contributed by atoms with van der Waals surface area (Å²) in [4.78, 5) is 26.0. The SMILES string of the molecule is CC(C)(C#N)C(=O)Nc1ccc(NC(=O)CN2CCOCC2)cc1. The standard InChI is InChI=1S/C17H22N4O3/c1-17(2,12-18)16(23)20-14-5-3-13(4-6-14)19-15(22)11-21-7-9-24-10-8-21/h3-6H,7-11H2,1-2H3,(H,19,22)(H,20,23). The number of benzene rings is 1. The molecule has 0 aromatic heterocycles. The monoisotopic (exact) mass is 330 g/mol. The van der Waals surface area contributed by atoms with Crippen LogP contribution < -0.4 is 10.6 Å². The Morgan fingerprint density at radius 1 is 1.17 bits per heavy atom. The van der Waals surface area contributed by atoms with Crippen molar-refractivity contribution in [2.45, 2.75) is 13.8 Å². The number of nitrogens with zero attached hydrogens (tertiary/aromatic N) is 2. The Morgan fingerprint density at radius 3 is 2.25 bits per heavy atom. The van der Waals surface area contributed by atoms with Crippen LogP contribution in [-0.4, -0.2) is 49.6 Å². The number of amides is 2. The molecule has 0 spiro atoms. The van der Waals surface area contributed by atoms with Crippen LogP contribution in [0.1, 0.15) is 13.8 Å². The smallest absolute Gasteiger partial charge is 0.244 e. The summed E-state index contributed by atoms with van der Waals surface area (Å²) in [5, 5.41) is 14.5. The minimum absolute atomic E-state index is 0.0840. The van der Waals surface area contributed by atoms with Gasteiger partial charge in [-0.2, -0.15) is 5.26 Å². The summed E-state index contributed by atoms with van der Waals surface area (Å²) in [5.74, 6) is -0.451. The highest BCUT2D eigenvalue weighted by Crippen LogP contribution is 2.19. The van der Waals surface area contributed by atoms with E-state index in [0.717, 1.165) is 13.1 Å². The third-order valence-electron chi connectivity index (χ3n) is 3.74. The molecular weight excluding hydrogens is 308 g/mol. The van der Waals surface area contributed by atoms with Crippen LogP contribution in [0.15, 0.2) is 24.3 Å². The molecule has 0 unspecified atom stereocenters. The first-order chi connectivity index (χ1) is 11.4. The summed E-state index contributed by atoms with van der Waals surface area (Å²) in [5.41, 5.74) is 0.144. The van der Waals surface area contributed by atoms with Crippen molar-refractivity contribution in [1.29, 1.82) is 5.26 Å². The third-order valence-corrected chi connectivity index (χ3v) is 3.74. The van der Waals surface area contributed by atoms with E-state index < -0.39 is 5.41 Å². The van der Waals surface area contributed by atoms with Crippen LogP contribution in [-0.2, 0) is 14.3 Å². The van der Waals surface area contributed by atoms with Gasteiger partial charge in [-0.25, -0.2) is 0 Å². The number of carbonyl (C=O) groups is 2. The first kappa shape index (κ1) is 17.9. The number of nitrogens with one attached hydrogen (secondary N) is 2. The molecule has 1 heterocycles.